The van der Waals surface area contributed by atoms with Crippen LogP contribution in [-0.2, 0) is 11.1 Å². The molecule has 4 heteroatoms. The van der Waals surface area contributed by atoms with Crippen LogP contribution in [0.1, 0.15) is 5.56 Å². The number of rotatable bonds is 1. The summed E-state index contributed by atoms with van der Waals surface area (Å²) in [5, 5.41) is 0. The van der Waals surface area contributed by atoms with E-state index in [9.17, 15) is 13.2 Å². The van der Waals surface area contributed by atoms with Crippen molar-refractivity contribution >= 4 is 11.1 Å². The maximum Gasteiger partial charge on any atom is 0.138 e. The van der Waals surface area contributed by atoms with E-state index in [0.717, 1.165) is 6.07 Å². The molecule has 0 amide bonds. The number of halogens is 1. The Labute approximate surface area is 66.3 Å². The molecule has 11 heavy (non-hydrogen) atoms. The van der Waals surface area contributed by atoms with Crippen molar-refractivity contribution in [3.63, 3.8) is 0 Å². The third-order valence-corrected chi connectivity index (χ3v) is 2.18. The standard InChI is InChI=1S/C7H7FO2S/c1-5-3-2-4-6(8)7(5)11(9)10/h2-4H,1H3,(H,9,10)/p-1. The molecular formula is C7H6FO2S-. The van der Waals surface area contributed by atoms with Crippen LogP contribution >= 0.6 is 0 Å². The molecule has 0 saturated carbocycles. The minimum absolute atomic E-state index is 0.243. The van der Waals surface area contributed by atoms with Gasteiger partial charge in [0.15, 0.2) is 0 Å². The Kier molecular flexibility index (Phi) is 2.36. The van der Waals surface area contributed by atoms with Crippen LogP contribution in [0.25, 0.3) is 0 Å². The monoisotopic (exact) mass is 173 g/mol. The van der Waals surface area contributed by atoms with E-state index >= 15 is 0 Å². The Morgan fingerprint density at radius 2 is 2.18 bits per heavy atom. The Morgan fingerprint density at radius 3 is 2.55 bits per heavy atom. The molecule has 1 aromatic carbocycles. The average Bonchev–Trinajstić information content (AvgIpc) is 1.85. The summed E-state index contributed by atoms with van der Waals surface area (Å²) in [7, 11) is 0. The van der Waals surface area contributed by atoms with Gasteiger partial charge in [-0.1, -0.05) is 12.1 Å². The molecule has 0 saturated heterocycles. The van der Waals surface area contributed by atoms with Crippen molar-refractivity contribution in [2.75, 3.05) is 0 Å². The molecule has 0 N–H and O–H groups in total. The summed E-state index contributed by atoms with van der Waals surface area (Å²) in [6.45, 7) is 1.55. The molecule has 1 aromatic rings. The van der Waals surface area contributed by atoms with Crippen molar-refractivity contribution in [1.82, 2.24) is 0 Å². The molecule has 0 aliphatic rings. The number of aryl methyl sites for hydroxylation is 1. The Bertz CT molecular complexity index is 278. The largest absolute Gasteiger partial charge is 0.768 e. The van der Waals surface area contributed by atoms with E-state index < -0.39 is 16.9 Å². The van der Waals surface area contributed by atoms with Crippen molar-refractivity contribution < 1.29 is 13.2 Å². The van der Waals surface area contributed by atoms with Gasteiger partial charge in [0.25, 0.3) is 0 Å². The zero-order valence-electron chi connectivity index (χ0n) is 5.83. The summed E-state index contributed by atoms with van der Waals surface area (Å²) in [6, 6.07) is 4.15. The van der Waals surface area contributed by atoms with Gasteiger partial charge in [-0.3, -0.25) is 4.21 Å². The van der Waals surface area contributed by atoms with E-state index in [1.54, 1.807) is 13.0 Å². The van der Waals surface area contributed by atoms with E-state index in [1.807, 2.05) is 0 Å². The van der Waals surface area contributed by atoms with Crippen molar-refractivity contribution in [3.8, 4) is 0 Å². The highest BCUT2D eigenvalue weighted by atomic mass is 32.2. The van der Waals surface area contributed by atoms with Gasteiger partial charge < -0.3 is 4.55 Å². The van der Waals surface area contributed by atoms with Crippen LogP contribution in [-0.4, -0.2) is 8.76 Å². The smallest absolute Gasteiger partial charge is 0.138 e. The van der Waals surface area contributed by atoms with Gasteiger partial charge >= 0.3 is 0 Å². The highest BCUT2D eigenvalue weighted by Gasteiger charge is 2.03. The van der Waals surface area contributed by atoms with Gasteiger partial charge in [-0.15, -0.1) is 0 Å². The molecule has 0 radical (unpaired) electrons. The quantitative estimate of drug-likeness (QED) is 0.602. The van der Waals surface area contributed by atoms with Crippen molar-refractivity contribution in [1.29, 1.82) is 0 Å². The van der Waals surface area contributed by atoms with Gasteiger partial charge in [0.1, 0.15) is 5.82 Å². The van der Waals surface area contributed by atoms with E-state index in [2.05, 4.69) is 0 Å². The predicted molar refractivity (Wildman–Crippen MR) is 38.3 cm³/mol. The molecule has 0 fully saturated rings. The third kappa shape index (κ3) is 1.64. The van der Waals surface area contributed by atoms with Gasteiger partial charge in [0, 0.05) is 0 Å². The maximum atomic E-state index is 12.7. The lowest BCUT2D eigenvalue weighted by Gasteiger charge is -2.08. The van der Waals surface area contributed by atoms with Crippen LogP contribution in [0.5, 0.6) is 0 Å². The van der Waals surface area contributed by atoms with Gasteiger partial charge in [-0.05, 0) is 29.6 Å². The average molecular weight is 173 g/mol. The highest BCUT2D eigenvalue weighted by Crippen LogP contribution is 2.15. The zero-order valence-corrected chi connectivity index (χ0v) is 6.65. The fourth-order valence-corrected chi connectivity index (χ4v) is 1.39. The molecule has 2 nitrogen and oxygen atoms in total. The fraction of sp³-hybridized carbons (Fsp3) is 0.143. The van der Waals surface area contributed by atoms with Gasteiger partial charge in [-0.25, -0.2) is 4.39 Å². The molecule has 1 rings (SSSR count). The SMILES string of the molecule is Cc1cccc(F)c1S(=O)[O-]. The fourth-order valence-electron chi connectivity index (χ4n) is 0.828. The number of hydrogen-bond donors (Lipinski definition) is 0. The maximum absolute atomic E-state index is 12.7. The van der Waals surface area contributed by atoms with E-state index in [1.165, 1.54) is 6.07 Å². The summed E-state index contributed by atoms with van der Waals surface area (Å²) in [6.07, 6.45) is 0. The molecule has 0 spiro atoms. The second-order valence-electron chi connectivity index (χ2n) is 2.12. The van der Waals surface area contributed by atoms with Crippen molar-refractivity contribution in [2.45, 2.75) is 11.8 Å². The van der Waals surface area contributed by atoms with Crippen LogP contribution in [0.4, 0.5) is 4.39 Å². The summed E-state index contributed by atoms with van der Waals surface area (Å²) in [5.41, 5.74) is 0.429. The molecule has 0 heterocycles. The predicted octanol–water partition coefficient (Wildman–Crippen LogP) is 1.37. The normalized spacial score (nSPS) is 13.0. The zero-order chi connectivity index (χ0) is 8.43. The Balaban J connectivity index is 3.32. The topological polar surface area (TPSA) is 40.1 Å². The number of hydrogen-bond acceptors (Lipinski definition) is 2. The molecule has 60 valence electrons. The minimum Gasteiger partial charge on any atom is -0.768 e. The van der Waals surface area contributed by atoms with Crippen LogP contribution in [0.15, 0.2) is 23.1 Å². The van der Waals surface area contributed by atoms with E-state index in [0.29, 0.717) is 5.56 Å². The molecule has 0 bridgehead atoms. The lowest BCUT2D eigenvalue weighted by molar-refractivity contribution is 0.521. The van der Waals surface area contributed by atoms with Gasteiger partial charge in [0.05, 0.1) is 4.90 Å². The van der Waals surface area contributed by atoms with E-state index in [-0.39, 0.29) is 4.90 Å². The first-order chi connectivity index (χ1) is 5.13. The summed E-state index contributed by atoms with van der Waals surface area (Å²) < 4.78 is 33.5. The van der Waals surface area contributed by atoms with Crippen molar-refractivity contribution in [2.24, 2.45) is 0 Å². The van der Waals surface area contributed by atoms with Crippen LogP contribution in [0, 0.1) is 12.7 Å². The Hall–Kier alpha value is -0.740. The van der Waals surface area contributed by atoms with E-state index in [4.69, 9.17) is 0 Å². The lowest BCUT2D eigenvalue weighted by Crippen LogP contribution is -1.96. The second kappa shape index (κ2) is 3.11. The number of benzene rings is 1. The first kappa shape index (κ1) is 8.36. The lowest BCUT2D eigenvalue weighted by atomic mass is 10.2. The third-order valence-electron chi connectivity index (χ3n) is 1.33. The van der Waals surface area contributed by atoms with Gasteiger partial charge in [-0.2, -0.15) is 0 Å². The minimum atomic E-state index is -2.48. The first-order valence-electron chi connectivity index (χ1n) is 2.97. The van der Waals surface area contributed by atoms with Crippen molar-refractivity contribution in [3.05, 3.63) is 29.6 Å². The molecular weight excluding hydrogens is 167 g/mol. The van der Waals surface area contributed by atoms with Crippen LogP contribution < -0.4 is 0 Å². The molecule has 0 aliphatic heterocycles. The molecule has 1 atom stereocenters. The van der Waals surface area contributed by atoms with Crippen LogP contribution in [0.3, 0.4) is 0 Å². The summed E-state index contributed by atoms with van der Waals surface area (Å²) >= 11 is -2.48. The molecule has 0 aliphatic carbocycles. The molecule has 1 unspecified atom stereocenters. The van der Waals surface area contributed by atoms with Crippen LogP contribution in [0.2, 0.25) is 0 Å². The molecule has 0 aromatic heterocycles. The summed E-state index contributed by atoms with van der Waals surface area (Å²) in [5.74, 6) is -0.696. The second-order valence-corrected chi connectivity index (χ2v) is 3.00. The summed E-state index contributed by atoms with van der Waals surface area (Å²) in [4.78, 5) is -0.243. The first-order valence-corrected chi connectivity index (χ1v) is 4.05. The highest BCUT2D eigenvalue weighted by molar-refractivity contribution is 7.79. The van der Waals surface area contributed by atoms with Gasteiger partial charge in [0.2, 0.25) is 0 Å². The Morgan fingerprint density at radius 1 is 1.55 bits per heavy atom.